The molecule has 0 aromatic rings. The van der Waals surface area contributed by atoms with Gasteiger partial charge in [-0.1, -0.05) is 67.4 Å². The number of carbonyl (C=O) groups excluding carboxylic acids is 1. The molecule has 226 valence electrons. The highest BCUT2D eigenvalue weighted by Gasteiger charge is 2.74. The lowest BCUT2D eigenvalue weighted by molar-refractivity contribution is -0.295. The van der Waals surface area contributed by atoms with Crippen molar-refractivity contribution in [3.8, 4) is 0 Å². The number of hydrogen-bond acceptors (Lipinski definition) is 4. The minimum Gasteiger partial charge on any atom is -0.483 e. The quantitative estimate of drug-likeness (QED) is 0.213. The van der Waals surface area contributed by atoms with Crippen LogP contribution < -0.4 is 0 Å². The zero-order valence-corrected chi connectivity index (χ0v) is 26.8. The van der Waals surface area contributed by atoms with Gasteiger partial charge in [-0.3, -0.25) is 9.59 Å². The van der Waals surface area contributed by atoms with E-state index in [-0.39, 0.29) is 45.6 Å². The van der Waals surface area contributed by atoms with Gasteiger partial charge in [0.25, 0.3) is 6.47 Å². The highest BCUT2D eigenvalue weighted by molar-refractivity contribution is 5.85. The molecule has 0 aromatic carbocycles. The monoisotopic (exact) mass is 548 g/mol. The first-order valence-corrected chi connectivity index (χ1v) is 15.6. The lowest BCUT2D eigenvalue weighted by Gasteiger charge is -2.74. The number of carbonyl (C=O) groups is 2. The fourth-order valence-electron chi connectivity index (χ4n) is 10.8. The Morgan fingerprint density at radius 1 is 0.872 bits per heavy atom. The first-order valence-electron chi connectivity index (χ1n) is 15.6. The molecule has 7 unspecified atom stereocenters. The van der Waals surface area contributed by atoms with Crippen molar-refractivity contribution < 1.29 is 24.9 Å². The molecule has 0 bridgehead atoms. The largest absolute Gasteiger partial charge is 0.483 e. The van der Waals surface area contributed by atoms with Crippen LogP contribution in [0.5, 0.6) is 0 Å². The van der Waals surface area contributed by atoms with Gasteiger partial charge in [0.1, 0.15) is 5.78 Å². The van der Waals surface area contributed by atoms with Gasteiger partial charge in [-0.25, -0.2) is 0 Å². The average Bonchev–Trinajstić information content (AvgIpc) is 3.22. The molecule has 10 atom stereocenters. The summed E-state index contributed by atoms with van der Waals surface area (Å²) in [7, 11) is 0. The number of hydrogen-bond donors (Lipinski definition) is 3. The molecule has 39 heavy (non-hydrogen) atoms. The van der Waals surface area contributed by atoms with Gasteiger partial charge in [-0.15, -0.1) is 6.58 Å². The van der Waals surface area contributed by atoms with Crippen molar-refractivity contribution in [2.45, 2.75) is 139 Å². The summed E-state index contributed by atoms with van der Waals surface area (Å²) in [5.41, 5.74) is 0.611. The molecule has 0 spiro atoms. The Balaban J connectivity index is 0.000000526. The lowest BCUT2D eigenvalue weighted by Crippen LogP contribution is -2.73. The Kier molecular flexibility index (Phi) is 10.4. The van der Waals surface area contributed by atoms with Crippen molar-refractivity contribution >= 4 is 12.3 Å². The highest BCUT2D eigenvalue weighted by atomic mass is 16.3. The van der Waals surface area contributed by atoms with Crippen LogP contribution >= 0.6 is 0 Å². The van der Waals surface area contributed by atoms with Crippen LogP contribution in [0, 0.1) is 50.7 Å². The molecule has 5 fully saturated rings. The highest BCUT2D eigenvalue weighted by Crippen LogP contribution is 2.76. The molecule has 0 amide bonds. The summed E-state index contributed by atoms with van der Waals surface area (Å²) in [6, 6.07) is 0. The van der Waals surface area contributed by atoms with E-state index >= 15 is 0 Å². The number of Topliss-reactive ketones (excluding diaryl/α,β-unsaturated/α-hetero) is 1. The van der Waals surface area contributed by atoms with Crippen LogP contribution in [-0.2, 0) is 9.59 Å². The maximum absolute atomic E-state index is 12.8. The molecule has 5 rings (SSSR count). The standard InChI is InChI=1S/C27H44O3.C4H8.C2H6.CH2O2/c1-23(2)19-14-21(29)27(6)18(25(19,4)13-11-20(23)28)10-9-17-16-8-7-12-24(16,3)15-22(30)26(17,27)5;1-4(2)3;1-2;2-1-3/h16-19,21-22,29-30H,7-15H2,1-6H3;1H2,2-3H3;1-2H3;1H,(H,2,3)/t16-,17?,18?,19?,21?,22+,24?,25?,26+,27?;;;/m1.../s1. The summed E-state index contributed by atoms with van der Waals surface area (Å²) in [6.07, 6.45) is 8.59. The van der Waals surface area contributed by atoms with E-state index in [1.165, 1.54) is 31.3 Å². The summed E-state index contributed by atoms with van der Waals surface area (Å²) < 4.78 is 0. The van der Waals surface area contributed by atoms with Crippen molar-refractivity contribution in [1.29, 1.82) is 0 Å². The molecular weight excluding hydrogens is 488 g/mol. The predicted molar refractivity (Wildman–Crippen MR) is 159 cm³/mol. The molecule has 0 aromatic heterocycles. The first-order chi connectivity index (χ1) is 18.0. The summed E-state index contributed by atoms with van der Waals surface area (Å²) in [5.74, 6) is 2.17. The number of ketones is 1. The van der Waals surface area contributed by atoms with Gasteiger partial charge in [0.15, 0.2) is 0 Å². The molecule has 0 heterocycles. The number of aliphatic hydroxyl groups is 2. The molecule has 0 radical (unpaired) electrons. The van der Waals surface area contributed by atoms with Gasteiger partial charge >= 0.3 is 0 Å². The van der Waals surface area contributed by atoms with E-state index in [9.17, 15) is 15.0 Å². The summed E-state index contributed by atoms with van der Waals surface area (Å²) >= 11 is 0. The van der Waals surface area contributed by atoms with Crippen molar-refractivity contribution in [2.75, 3.05) is 0 Å². The molecule has 0 aliphatic heterocycles. The molecule has 5 aliphatic rings. The van der Waals surface area contributed by atoms with E-state index in [0.29, 0.717) is 36.4 Å². The van der Waals surface area contributed by atoms with Crippen LogP contribution in [0.15, 0.2) is 12.2 Å². The maximum atomic E-state index is 12.8. The molecule has 0 saturated heterocycles. The second kappa shape index (κ2) is 12.0. The number of allylic oxidation sites excluding steroid dienone is 1. The first kappa shape index (κ1) is 34.0. The van der Waals surface area contributed by atoms with Gasteiger partial charge in [-0.2, -0.15) is 0 Å². The summed E-state index contributed by atoms with van der Waals surface area (Å²) in [4.78, 5) is 21.2. The zero-order valence-electron chi connectivity index (χ0n) is 26.8. The predicted octanol–water partition coefficient (Wildman–Crippen LogP) is 7.68. The fraction of sp³-hybridized carbons (Fsp3) is 0.882. The van der Waals surface area contributed by atoms with Gasteiger partial charge in [0.05, 0.1) is 12.2 Å². The van der Waals surface area contributed by atoms with Gasteiger partial charge in [-0.05, 0) is 93.3 Å². The summed E-state index contributed by atoms with van der Waals surface area (Å²) in [5, 5.41) is 30.5. The van der Waals surface area contributed by atoms with Gasteiger partial charge < -0.3 is 15.3 Å². The molecule has 5 saturated carbocycles. The van der Waals surface area contributed by atoms with Crippen LogP contribution in [0.25, 0.3) is 0 Å². The Morgan fingerprint density at radius 3 is 1.95 bits per heavy atom. The third kappa shape index (κ3) is 5.17. The summed E-state index contributed by atoms with van der Waals surface area (Å²) in [6.45, 7) is 25.0. The minimum atomic E-state index is -0.445. The van der Waals surface area contributed by atoms with E-state index < -0.39 is 6.10 Å². The van der Waals surface area contributed by atoms with Crippen molar-refractivity contribution in [1.82, 2.24) is 0 Å². The molecule has 5 aliphatic carbocycles. The smallest absolute Gasteiger partial charge is 0.290 e. The van der Waals surface area contributed by atoms with E-state index in [4.69, 9.17) is 9.90 Å². The minimum absolute atomic E-state index is 0.0650. The van der Waals surface area contributed by atoms with Crippen LogP contribution in [0.3, 0.4) is 0 Å². The van der Waals surface area contributed by atoms with Crippen molar-refractivity contribution in [2.24, 2.45) is 50.7 Å². The van der Waals surface area contributed by atoms with Crippen molar-refractivity contribution in [3.05, 3.63) is 12.2 Å². The van der Waals surface area contributed by atoms with E-state index in [2.05, 4.69) is 48.1 Å². The van der Waals surface area contributed by atoms with Crippen LogP contribution in [0.4, 0.5) is 0 Å². The Hall–Kier alpha value is -1.20. The SMILES string of the molecule is C=C(C)C.CC.CC1(C)C(=O)CCC2(C)C1CC(O)C1(C)C2CCC2[C@H]3CCCC3(C)C[C@H](O)[C@]21C.O=CO. The lowest BCUT2D eigenvalue weighted by atomic mass is 9.31. The van der Waals surface area contributed by atoms with E-state index in [0.717, 1.165) is 19.3 Å². The average molecular weight is 549 g/mol. The van der Waals surface area contributed by atoms with Crippen LogP contribution in [0.2, 0.25) is 0 Å². The van der Waals surface area contributed by atoms with Gasteiger partial charge in [0, 0.05) is 22.7 Å². The van der Waals surface area contributed by atoms with E-state index in [1.807, 2.05) is 27.7 Å². The zero-order chi connectivity index (χ0) is 30.2. The Labute approximate surface area is 239 Å². The molecular formula is C34H60O5. The third-order valence-corrected chi connectivity index (χ3v) is 12.6. The second-order valence-electron chi connectivity index (χ2n) is 14.9. The third-order valence-electron chi connectivity index (χ3n) is 12.6. The number of rotatable bonds is 0. The Morgan fingerprint density at radius 2 is 1.41 bits per heavy atom. The normalized spacial score (nSPS) is 47.0. The van der Waals surface area contributed by atoms with Crippen LogP contribution in [0.1, 0.15) is 127 Å². The number of fused-ring (bicyclic) bond motifs is 7. The van der Waals surface area contributed by atoms with Crippen molar-refractivity contribution in [3.63, 3.8) is 0 Å². The number of carboxylic acid groups (broad SMARTS) is 1. The number of aliphatic hydroxyl groups excluding tert-OH is 2. The second-order valence-corrected chi connectivity index (χ2v) is 14.9. The molecule has 5 heteroatoms. The molecule has 3 N–H and O–H groups in total. The maximum Gasteiger partial charge on any atom is 0.290 e. The van der Waals surface area contributed by atoms with E-state index in [1.54, 1.807) is 0 Å². The Bertz CT molecular complexity index is 892. The van der Waals surface area contributed by atoms with Gasteiger partial charge in [0.2, 0.25) is 0 Å². The van der Waals surface area contributed by atoms with Crippen LogP contribution in [-0.4, -0.2) is 39.8 Å². The molecule has 5 nitrogen and oxygen atoms in total. The fourth-order valence-corrected chi connectivity index (χ4v) is 10.8. The topological polar surface area (TPSA) is 94.8 Å².